The van der Waals surface area contributed by atoms with Gasteiger partial charge in [0.25, 0.3) is 11.8 Å². The molecule has 50 heavy (non-hydrogen) atoms. The predicted molar refractivity (Wildman–Crippen MR) is 174 cm³/mol. The third-order valence-electron chi connectivity index (χ3n) is 9.05. The average molecular weight is 716 g/mol. The molecule has 18 heteroatoms. The Morgan fingerprint density at radius 3 is 2.36 bits per heavy atom. The van der Waals surface area contributed by atoms with Crippen LogP contribution in [-0.4, -0.2) is 126 Å². The Bertz CT molecular complexity index is 1920. The number of halogens is 4. The van der Waals surface area contributed by atoms with Crippen LogP contribution >= 0.6 is 11.6 Å². The highest BCUT2D eigenvalue weighted by Gasteiger charge is 2.41. The molecular formula is C32H35ClF3N10O4+. The van der Waals surface area contributed by atoms with Crippen LogP contribution in [0.15, 0.2) is 49.1 Å². The fourth-order valence-electron chi connectivity index (χ4n) is 6.34. The van der Waals surface area contributed by atoms with Crippen molar-refractivity contribution in [1.29, 1.82) is 0 Å². The van der Waals surface area contributed by atoms with E-state index in [1.807, 2.05) is 14.1 Å². The van der Waals surface area contributed by atoms with Crippen LogP contribution < -0.4 is 5.32 Å². The molecule has 2 saturated heterocycles. The Balaban J connectivity index is 1.11. The number of rotatable bonds is 6. The van der Waals surface area contributed by atoms with Crippen molar-refractivity contribution in [2.24, 2.45) is 13.0 Å². The van der Waals surface area contributed by atoms with Crippen LogP contribution in [0, 0.1) is 5.92 Å². The number of carbonyl (C=O) groups excluding carboxylic acids is 3. The average Bonchev–Trinajstić information content (AvgIpc) is 3.68. The van der Waals surface area contributed by atoms with Crippen LogP contribution in [0.3, 0.4) is 0 Å². The van der Waals surface area contributed by atoms with Crippen LogP contribution in [0.25, 0.3) is 17.2 Å². The highest BCUT2D eigenvalue weighted by molar-refractivity contribution is 6.34. The number of piperazine rings is 1. The number of aliphatic hydroxyl groups is 1. The highest BCUT2D eigenvalue weighted by Crippen LogP contribution is 2.37. The zero-order valence-corrected chi connectivity index (χ0v) is 28.2. The lowest BCUT2D eigenvalue weighted by molar-refractivity contribution is -0.899. The summed E-state index contributed by atoms with van der Waals surface area (Å²) in [6.45, 7) is 2.54. The Morgan fingerprint density at radius 2 is 1.72 bits per heavy atom. The molecule has 3 aromatic heterocycles. The highest BCUT2D eigenvalue weighted by atomic mass is 35.5. The molecule has 0 saturated carbocycles. The van der Waals surface area contributed by atoms with Crippen molar-refractivity contribution in [1.82, 2.24) is 39.1 Å². The molecular weight excluding hydrogens is 681 g/mol. The molecule has 2 N–H and O–H groups in total. The number of hydrogen-bond donors (Lipinski definition) is 2. The van der Waals surface area contributed by atoms with Gasteiger partial charge >= 0.3 is 6.18 Å². The second-order valence-corrected chi connectivity index (χ2v) is 13.4. The zero-order chi connectivity index (χ0) is 36.0. The summed E-state index contributed by atoms with van der Waals surface area (Å²) in [4.78, 5) is 54.9. The topological polar surface area (TPSA) is 151 Å². The molecule has 2 fully saturated rings. The van der Waals surface area contributed by atoms with E-state index in [-0.39, 0.29) is 51.1 Å². The Kier molecular flexibility index (Phi) is 9.41. The molecule has 3 amide bonds. The Labute approximate surface area is 289 Å². The molecule has 2 atom stereocenters. The van der Waals surface area contributed by atoms with E-state index >= 15 is 0 Å². The first-order chi connectivity index (χ1) is 23.6. The molecule has 6 rings (SSSR count). The van der Waals surface area contributed by atoms with Crippen molar-refractivity contribution >= 4 is 35.0 Å². The molecule has 2 aliphatic heterocycles. The number of quaternary nitrogens is 1. The smallest absolute Gasteiger partial charge is 0.386 e. The van der Waals surface area contributed by atoms with E-state index in [1.165, 1.54) is 48.3 Å². The predicted octanol–water partition coefficient (Wildman–Crippen LogP) is 2.73. The number of alkyl halides is 3. The Morgan fingerprint density at radius 1 is 1.04 bits per heavy atom. The van der Waals surface area contributed by atoms with Crippen LogP contribution in [0.2, 0.25) is 5.02 Å². The van der Waals surface area contributed by atoms with E-state index in [0.29, 0.717) is 43.6 Å². The molecule has 5 heterocycles. The van der Waals surface area contributed by atoms with Crippen molar-refractivity contribution < 1.29 is 37.1 Å². The van der Waals surface area contributed by atoms with Gasteiger partial charge in [0.1, 0.15) is 12.6 Å². The van der Waals surface area contributed by atoms with Crippen molar-refractivity contribution in [2.45, 2.75) is 18.7 Å². The van der Waals surface area contributed by atoms with E-state index in [2.05, 4.69) is 25.4 Å². The number of aliphatic hydroxyl groups excluding tert-OH is 1. The van der Waals surface area contributed by atoms with Crippen molar-refractivity contribution in [3.63, 3.8) is 0 Å². The number of nitrogens with zero attached hydrogens (tertiary/aromatic N) is 9. The molecule has 264 valence electrons. The van der Waals surface area contributed by atoms with Gasteiger partial charge in [-0.2, -0.15) is 18.3 Å². The maximum Gasteiger partial charge on any atom is 0.435 e. The van der Waals surface area contributed by atoms with E-state index in [0.717, 1.165) is 23.6 Å². The van der Waals surface area contributed by atoms with E-state index in [9.17, 15) is 32.7 Å². The molecule has 0 radical (unpaired) electrons. The van der Waals surface area contributed by atoms with Crippen LogP contribution in [0.5, 0.6) is 0 Å². The summed E-state index contributed by atoms with van der Waals surface area (Å²) in [6, 6.07) is 5.86. The zero-order valence-electron chi connectivity index (χ0n) is 27.4. The number of aromatic nitrogens is 6. The van der Waals surface area contributed by atoms with E-state index in [4.69, 9.17) is 11.6 Å². The van der Waals surface area contributed by atoms with Gasteiger partial charge in [0.15, 0.2) is 11.5 Å². The minimum absolute atomic E-state index is 0.0245. The Hall–Kier alpha value is -4.87. The first-order valence-corrected chi connectivity index (χ1v) is 16.2. The molecule has 0 spiro atoms. The largest absolute Gasteiger partial charge is 0.435 e. The fraction of sp³-hybridized carbons (Fsp3) is 0.406. The minimum atomic E-state index is -4.82. The normalized spacial score (nSPS) is 19.4. The quantitative estimate of drug-likeness (QED) is 0.290. The lowest BCUT2D eigenvalue weighted by Crippen LogP contribution is -2.58. The maximum atomic E-state index is 14.0. The van der Waals surface area contributed by atoms with Gasteiger partial charge in [0, 0.05) is 63.9 Å². The number of imidazole rings is 1. The standard InChI is InChI=1S/C32H34ClF3N10O4/c1-42-24(22-17-45(31-37-8-4-9-38-31)41-26(22)32(34,35)36)16-39-27(42)28(48)40-19-5-6-20(23(33)15-19)29(49)43-10-12-44(13-11-43)30(50)21-7-14-46(2,3)18-25(21)47/h4-6,8-9,15-17,21,25,47H,7,10-14,18H2,1-3H3/p+1. The second kappa shape index (κ2) is 13.4. The first-order valence-electron chi connectivity index (χ1n) is 15.8. The van der Waals surface area contributed by atoms with Gasteiger partial charge in [0.05, 0.1) is 54.6 Å². The number of likely N-dealkylation sites (tertiary alicyclic amines) is 1. The van der Waals surface area contributed by atoms with Gasteiger partial charge in [0.2, 0.25) is 11.9 Å². The molecule has 14 nitrogen and oxygen atoms in total. The number of hydrogen-bond acceptors (Lipinski definition) is 8. The van der Waals surface area contributed by atoms with E-state index in [1.54, 1.807) is 9.80 Å². The second-order valence-electron chi connectivity index (χ2n) is 13.0. The number of anilines is 1. The SMILES string of the molecule is Cn1c(-c2cn(-c3ncccn3)nc2C(F)(F)F)cnc1C(=O)Nc1ccc(C(=O)N2CCN(C(=O)C3CC[N+](C)(C)CC3O)CC2)c(Cl)c1. The summed E-state index contributed by atoms with van der Waals surface area (Å²) in [7, 11) is 5.44. The number of benzene rings is 1. The molecule has 1 aromatic carbocycles. The molecule has 2 aliphatic rings. The third kappa shape index (κ3) is 7.06. The molecule has 0 aliphatic carbocycles. The van der Waals surface area contributed by atoms with Crippen LogP contribution in [0.1, 0.15) is 33.1 Å². The number of nitrogens with one attached hydrogen (secondary N) is 1. The number of piperidine rings is 1. The minimum Gasteiger partial charge on any atom is -0.386 e. The summed E-state index contributed by atoms with van der Waals surface area (Å²) in [5.41, 5.74) is -1.13. The molecule has 4 aromatic rings. The van der Waals surface area contributed by atoms with Crippen LogP contribution in [0.4, 0.5) is 18.9 Å². The third-order valence-corrected chi connectivity index (χ3v) is 9.36. The van der Waals surface area contributed by atoms with Crippen molar-refractivity contribution in [3.8, 4) is 17.2 Å². The monoisotopic (exact) mass is 715 g/mol. The number of amides is 3. The maximum absolute atomic E-state index is 14.0. The van der Waals surface area contributed by atoms with Gasteiger partial charge < -0.3 is 29.3 Å². The summed E-state index contributed by atoms with van der Waals surface area (Å²) >= 11 is 6.48. The summed E-state index contributed by atoms with van der Waals surface area (Å²) in [5.74, 6) is -1.88. The van der Waals surface area contributed by atoms with Crippen LogP contribution in [-0.2, 0) is 18.0 Å². The summed E-state index contributed by atoms with van der Waals surface area (Å²) < 4.78 is 44.6. The summed E-state index contributed by atoms with van der Waals surface area (Å²) in [6.07, 6.45) is 0.0511. The lowest BCUT2D eigenvalue weighted by atomic mass is 9.91. The number of likely N-dealkylation sites (N-methyl/N-ethyl adjacent to an activating group) is 1. The molecule has 2 unspecified atom stereocenters. The first kappa shape index (κ1) is 35.0. The van der Waals surface area contributed by atoms with Crippen molar-refractivity contribution in [3.05, 3.63) is 71.2 Å². The fourth-order valence-corrected chi connectivity index (χ4v) is 6.60. The van der Waals surface area contributed by atoms with Gasteiger partial charge in [-0.1, -0.05) is 11.6 Å². The van der Waals surface area contributed by atoms with Gasteiger partial charge in [-0.3, -0.25) is 14.4 Å². The lowest BCUT2D eigenvalue weighted by Gasteiger charge is -2.42. The van der Waals surface area contributed by atoms with E-state index < -0.39 is 29.8 Å². The molecule has 0 bridgehead atoms. The summed E-state index contributed by atoms with van der Waals surface area (Å²) in [5, 5.41) is 16.9. The van der Waals surface area contributed by atoms with Crippen molar-refractivity contribution in [2.75, 3.05) is 58.7 Å². The van der Waals surface area contributed by atoms with Gasteiger partial charge in [-0.15, -0.1) is 0 Å². The number of carbonyl (C=O) groups is 3. The van der Waals surface area contributed by atoms with Gasteiger partial charge in [-0.25, -0.2) is 19.6 Å². The van der Waals surface area contributed by atoms with Gasteiger partial charge in [-0.05, 0) is 24.3 Å².